The molecule has 24 heavy (non-hydrogen) atoms. The van der Waals surface area contributed by atoms with Crippen molar-refractivity contribution >= 4 is 22.6 Å². The third-order valence-corrected chi connectivity index (χ3v) is 4.00. The summed E-state index contributed by atoms with van der Waals surface area (Å²) < 4.78 is 5.57. The van der Waals surface area contributed by atoms with Crippen LogP contribution in [0.15, 0.2) is 53.1 Å². The van der Waals surface area contributed by atoms with E-state index in [0.717, 1.165) is 34.2 Å². The van der Waals surface area contributed by atoms with Gasteiger partial charge in [-0.25, -0.2) is 0 Å². The number of amides is 1. The van der Waals surface area contributed by atoms with Gasteiger partial charge >= 0.3 is 0 Å². The molecule has 4 nitrogen and oxygen atoms in total. The van der Waals surface area contributed by atoms with Gasteiger partial charge in [0.1, 0.15) is 5.58 Å². The first-order valence-electron chi connectivity index (χ1n) is 7.94. The fraction of sp³-hybridized carbons (Fsp3) is 0.200. The van der Waals surface area contributed by atoms with Crippen molar-refractivity contribution in [3.8, 4) is 6.07 Å². The average Bonchev–Trinajstić information content (AvgIpc) is 2.99. The van der Waals surface area contributed by atoms with Gasteiger partial charge in [-0.3, -0.25) is 4.79 Å². The van der Waals surface area contributed by atoms with E-state index in [2.05, 4.69) is 24.4 Å². The second-order valence-corrected chi connectivity index (χ2v) is 5.70. The van der Waals surface area contributed by atoms with Crippen molar-refractivity contribution in [2.24, 2.45) is 0 Å². The van der Waals surface area contributed by atoms with Gasteiger partial charge in [-0.1, -0.05) is 31.2 Å². The molecule has 120 valence electrons. The van der Waals surface area contributed by atoms with E-state index in [1.807, 2.05) is 36.4 Å². The second kappa shape index (κ2) is 7.01. The van der Waals surface area contributed by atoms with Gasteiger partial charge in [0.05, 0.1) is 25.2 Å². The molecule has 0 radical (unpaired) electrons. The first-order valence-corrected chi connectivity index (χ1v) is 7.94. The van der Waals surface area contributed by atoms with Crippen molar-refractivity contribution < 1.29 is 9.21 Å². The highest BCUT2D eigenvalue weighted by molar-refractivity contribution is 5.95. The van der Waals surface area contributed by atoms with Gasteiger partial charge in [0.25, 0.3) is 0 Å². The number of benzene rings is 2. The third kappa shape index (κ3) is 3.47. The molecule has 0 spiro atoms. The van der Waals surface area contributed by atoms with Gasteiger partial charge in [-0.2, -0.15) is 5.26 Å². The zero-order valence-electron chi connectivity index (χ0n) is 13.5. The number of furan rings is 1. The van der Waals surface area contributed by atoms with Gasteiger partial charge in [-0.15, -0.1) is 0 Å². The van der Waals surface area contributed by atoms with E-state index in [9.17, 15) is 4.79 Å². The molecule has 0 atom stereocenters. The van der Waals surface area contributed by atoms with Crippen LogP contribution < -0.4 is 5.32 Å². The average molecular weight is 318 g/mol. The van der Waals surface area contributed by atoms with Crippen molar-refractivity contribution in [3.63, 3.8) is 0 Å². The maximum Gasteiger partial charge on any atom is 0.228 e. The van der Waals surface area contributed by atoms with E-state index < -0.39 is 0 Å². The number of nitriles is 1. The summed E-state index contributed by atoms with van der Waals surface area (Å²) in [5, 5.41) is 12.5. The molecule has 2 aromatic carbocycles. The van der Waals surface area contributed by atoms with Crippen LogP contribution in [0.2, 0.25) is 0 Å². The first kappa shape index (κ1) is 15.8. The minimum absolute atomic E-state index is 0.0923. The lowest BCUT2D eigenvalue weighted by Crippen LogP contribution is -2.14. The van der Waals surface area contributed by atoms with Crippen LogP contribution in [0.1, 0.15) is 23.6 Å². The lowest BCUT2D eigenvalue weighted by Gasteiger charge is -2.05. The van der Waals surface area contributed by atoms with Crippen molar-refractivity contribution in [1.29, 1.82) is 5.26 Å². The highest BCUT2D eigenvalue weighted by atomic mass is 16.3. The molecule has 0 fully saturated rings. The maximum absolute atomic E-state index is 12.3. The van der Waals surface area contributed by atoms with Gasteiger partial charge in [0, 0.05) is 16.6 Å². The highest BCUT2D eigenvalue weighted by Gasteiger charge is 2.11. The van der Waals surface area contributed by atoms with Gasteiger partial charge in [-0.05, 0) is 35.7 Å². The van der Waals surface area contributed by atoms with Crippen LogP contribution >= 0.6 is 0 Å². The number of nitrogens with one attached hydrogen (secondary N) is 1. The Morgan fingerprint density at radius 1 is 1.17 bits per heavy atom. The zero-order chi connectivity index (χ0) is 16.9. The van der Waals surface area contributed by atoms with E-state index in [-0.39, 0.29) is 12.3 Å². The molecular weight excluding hydrogens is 300 g/mol. The van der Waals surface area contributed by atoms with E-state index in [0.29, 0.717) is 6.42 Å². The Balaban J connectivity index is 1.69. The Kier molecular flexibility index (Phi) is 4.62. The first-order chi connectivity index (χ1) is 11.7. The third-order valence-electron chi connectivity index (χ3n) is 4.00. The van der Waals surface area contributed by atoms with Crippen LogP contribution in [0.5, 0.6) is 0 Å². The Labute approximate surface area is 140 Å². The Morgan fingerprint density at radius 3 is 2.62 bits per heavy atom. The quantitative estimate of drug-likeness (QED) is 0.765. The SMILES string of the molecule is CCc1ccc2c(CC(=O)Nc3ccc(CC#N)cc3)coc2c1. The van der Waals surface area contributed by atoms with Crippen molar-refractivity contribution in [2.75, 3.05) is 5.32 Å². The fourth-order valence-corrected chi connectivity index (χ4v) is 2.66. The predicted molar refractivity (Wildman–Crippen MR) is 93.7 cm³/mol. The van der Waals surface area contributed by atoms with E-state index in [1.54, 1.807) is 6.26 Å². The van der Waals surface area contributed by atoms with E-state index in [1.165, 1.54) is 5.56 Å². The second-order valence-electron chi connectivity index (χ2n) is 5.70. The smallest absolute Gasteiger partial charge is 0.228 e. The number of anilines is 1. The summed E-state index contributed by atoms with van der Waals surface area (Å²) in [6.45, 7) is 2.10. The number of rotatable bonds is 5. The largest absolute Gasteiger partial charge is 0.464 e. The molecule has 4 heteroatoms. The normalized spacial score (nSPS) is 10.5. The van der Waals surface area contributed by atoms with Crippen LogP contribution in [0, 0.1) is 11.3 Å². The van der Waals surface area contributed by atoms with Gasteiger partial charge in [0.2, 0.25) is 5.91 Å². The standard InChI is InChI=1S/C20H18N2O2/c1-2-14-5-8-18-16(13-24-19(18)11-14)12-20(23)22-17-6-3-15(4-7-17)9-10-21/h3-8,11,13H,2,9,12H2,1H3,(H,22,23). The maximum atomic E-state index is 12.3. The number of fused-ring (bicyclic) bond motifs is 1. The molecule has 0 aliphatic heterocycles. The summed E-state index contributed by atoms with van der Waals surface area (Å²) in [4.78, 5) is 12.3. The number of carbonyl (C=O) groups is 1. The predicted octanol–water partition coefficient (Wildman–Crippen LogP) is 4.24. The molecule has 0 aliphatic carbocycles. The molecule has 3 aromatic rings. The molecule has 0 saturated heterocycles. The molecule has 0 bridgehead atoms. The Bertz CT molecular complexity index is 902. The van der Waals surface area contributed by atoms with Crippen LogP contribution in [0.25, 0.3) is 11.0 Å². The van der Waals surface area contributed by atoms with Crippen LogP contribution in [-0.4, -0.2) is 5.91 Å². The summed E-state index contributed by atoms with van der Waals surface area (Å²) in [7, 11) is 0. The molecule has 0 unspecified atom stereocenters. The summed E-state index contributed by atoms with van der Waals surface area (Å²) in [5.74, 6) is -0.0923. The molecule has 1 heterocycles. The molecule has 0 aliphatic rings. The summed E-state index contributed by atoms with van der Waals surface area (Å²) in [6, 6.07) is 15.5. The number of carbonyl (C=O) groups excluding carboxylic acids is 1. The number of hydrogen-bond acceptors (Lipinski definition) is 3. The monoisotopic (exact) mass is 318 g/mol. The molecule has 1 N–H and O–H groups in total. The van der Waals surface area contributed by atoms with Gasteiger partial charge in [0.15, 0.2) is 0 Å². The number of aryl methyl sites for hydroxylation is 1. The molecule has 3 rings (SSSR count). The number of nitrogens with zero attached hydrogens (tertiary/aromatic N) is 1. The van der Waals surface area contributed by atoms with Gasteiger partial charge < -0.3 is 9.73 Å². The van der Waals surface area contributed by atoms with Crippen molar-refractivity contribution in [3.05, 3.63) is 65.4 Å². The summed E-state index contributed by atoms with van der Waals surface area (Å²) >= 11 is 0. The molecule has 0 saturated carbocycles. The minimum Gasteiger partial charge on any atom is -0.464 e. The molecule has 1 aromatic heterocycles. The van der Waals surface area contributed by atoms with E-state index in [4.69, 9.17) is 9.68 Å². The molecule has 1 amide bonds. The topological polar surface area (TPSA) is 66.0 Å². The number of hydrogen-bond donors (Lipinski definition) is 1. The van der Waals surface area contributed by atoms with E-state index >= 15 is 0 Å². The Morgan fingerprint density at radius 2 is 1.92 bits per heavy atom. The van der Waals surface area contributed by atoms with Crippen LogP contribution in [-0.2, 0) is 24.1 Å². The van der Waals surface area contributed by atoms with Crippen LogP contribution in [0.4, 0.5) is 5.69 Å². The lowest BCUT2D eigenvalue weighted by molar-refractivity contribution is -0.115. The summed E-state index contributed by atoms with van der Waals surface area (Å²) in [6.07, 6.45) is 3.24. The fourth-order valence-electron chi connectivity index (χ4n) is 2.66. The minimum atomic E-state index is -0.0923. The lowest BCUT2D eigenvalue weighted by atomic mass is 10.1. The van der Waals surface area contributed by atoms with Crippen LogP contribution in [0.3, 0.4) is 0 Å². The van der Waals surface area contributed by atoms with Crippen molar-refractivity contribution in [1.82, 2.24) is 0 Å². The summed E-state index contributed by atoms with van der Waals surface area (Å²) in [5.41, 5.74) is 4.57. The highest BCUT2D eigenvalue weighted by Crippen LogP contribution is 2.23. The van der Waals surface area contributed by atoms with Crippen molar-refractivity contribution in [2.45, 2.75) is 26.2 Å². The zero-order valence-corrected chi connectivity index (χ0v) is 13.5. The Hall–Kier alpha value is -3.06. The molecular formula is C20H18N2O2.